The van der Waals surface area contributed by atoms with Gasteiger partial charge in [-0.1, -0.05) is 12.1 Å². The highest BCUT2D eigenvalue weighted by Gasteiger charge is 2.28. The first-order valence-electron chi connectivity index (χ1n) is 7.94. The van der Waals surface area contributed by atoms with Crippen LogP contribution in [0.2, 0.25) is 0 Å². The Kier molecular flexibility index (Phi) is 7.66. The van der Waals surface area contributed by atoms with Crippen molar-refractivity contribution in [1.82, 2.24) is 14.9 Å². The van der Waals surface area contributed by atoms with Gasteiger partial charge < -0.3 is 10.2 Å². The van der Waals surface area contributed by atoms with E-state index in [2.05, 4.69) is 17.0 Å². The predicted octanol–water partition coefficient (Wildman–Crippen LogP) is 1.37. The van der Waals surface area contributed by atoms with Crippen LogP contribution in [0.3, 0.4) is 0 Å². The minimum atomic E-state index is -3.21. The van der Waals surface area contributed by atoms with Gasteiger partial charge in [-0.2, -0.15) is 0 Å². The van der Waals surface area contributed by atoms with E-state index >= 15 is 0 Å². The van der Waals surface area contributed by atoms with Gasteiger partial charge in [-0.05, 0) is 38.5 Å². The number of nitrogens with one attached hydrogen (secondary N) is 2. The third-order valence-electron chi connectivity index (χ3n) is 4.37. The number of rotatable bonds is 5. The maximum atomic E-state index is 12.6. The minimum absolute atomic E-state index is 0. The Morgan fingerprint density at radius 3 is 2.50 bits per heavy atom. The van der Waals surface area contributed by atoms with Gasteiger partial charge in [0.1, 0.15) is 0 Å². The van der Waals surface area contributed by atoms with Crippen LogP contribution in [0.15, 0.2) is 24.3 Å². The number of carbonyl (C=O) groups is 1. The molecule has 6 nitrogen and oxygen atoms in total. The number of sulfonamides is 1. The maximum Gasteiger partial charge on any atom is 0.254 e. The molecule has 0 aliphatic carbocycles. The third kappa shape index (κ3) is 5.17. The SMILES string of the molecule is CCS(=O)(=O)NCc1ccc(C(=O)N2CCNC(C)C2C)cc1.Cl. The summed E-state index contributed by atoms with van der Waals surface area (Å²) in [5.41, 5.74) is 1.47. The van der Waals surface area contributed by atoms with E-state index < -0.39 is 10.0 Å². The van der Waals surface area contributed by atoms with Crippen LogP contribution in [0.4, 0.5) is 0 Å². The number of piperazine rings is 1. The molecular formula is C16H26ClN3O3S. The quantitative estimate of drug-likeness (QED) is 0.814. The lowest BCUT2D eigenvalue weighted by Crippen LogP contribution is -2.57. The standard InChI is InChI=1S/C16H25N3O3S.ClH/c1-4-23(21,22)18-11-14-5-7-15(8-6-14)16(20)19-10-9-17-12(2)13(19)3;/h5-8,12-13,17-18H,4,9-11H2,1-3H3;1H. The molecule has 0 spiro atoms. The van der Waals surface area contributed by atoms with Crippen LogP contribution in [-0.2, 0) is 16.6 Å². The summed E-state index contributed by atoms with van der Waals surface area (Å²) >= 11 is 0. The van der Waals surface area contributed by atoms with E-state index in [4.69, 9.17) is 0 Å². The minimum Gasteiger partial charge on any atom is -0.333 e. The summed E-state index contributed by atoms with van der Waals surface area (Å²) in [5, 5.41) is 3.35. The Balaban J connectivity index is 0.00000288. The zero-order chi connectivity index (χ0) is 17.0. The highest BCUT2D eigenvalue weighted by Crippen LogP contribution is 2.14. The van der Waals surface area contributed by atoms with E-state index in [0.717, 1.165) is 12.1 Å². The largest absolute Gasteiger partial charge is 0.333 e. The summed E-state index contributed by atoms with van der Waals surface area (Å²) in [6, 6.07) is 7.53. The molecule has 1 aliphatic rings. The predicted molar refractivity (Wildman–Crippen MR) is 98.0 cm³/mol. The molecule has 1 saturated heterocycles. The topological polar surface area (TPSA) is 78.5 Å². The van der Waals surface area contributed by atoms with Crippen LogP contribution in [0, 0.1) is 0 Å². The van der Waals surface area contributed by atoms with E-state index in [1.54, 1.807) is 31.2 Å². The number of amides is 1. The highest BCUT2D eigenvalue weighted by molar-refractivity contribution is 7.89. The normalized spacial score (nSPS) is 21.2. The molecule has 2 rings (SSSR count). The Labute approximate surface area is 150 Å². The Morgan fingerprint density at radius 2 is 1.92 bits per heavy atom. The average molecular weight is 376 g/mol. The zero-order valence-electron chi connectivity index (χ0n) is 14.3. The van der Waals surface area contributed by atoms with Crippen molar-refractivity contribution >= 4 is 28.3 Å². The molecule has 2 unspecified atom stereocenters. The molecule has 8 heteroatoms. The van der Waals surface area contributed by atoms with Gasteiger partial charge in [-0.25, -0.2) is 13.1 Å². The Bertz CT molecular complexity index is 649. The van der Waals surface area contributed by atoms with Crippen LogP contribution in [0.5, 0.6) is 0 Å². The molecule has 2 N–H and O–H groups in total. The molecule has 0 saturated carbocycles. The lowest BCUT2D eigenvalue weighted by molar-refractivity contribution is 0.0603. The van der Waals surface area contributed by atoms with E-state index in [-0.39, 0.29) is 42.7 Å². The van der Waals surface area contributed by atoms with Gasteiger partial charge in [0.25, 0.3) is 5.91 Å². The van der Waals surface area contributed by atoms with Crippen LogP contribution < -0.4 is 10.0 Å². The fourth-order valence-electron chi connectivity index (χ4n) is 2.57. The lowest BCUT2D eigenvalue weighted by atomic mass is 10.0. The third-order valence-corrected chi connectivity index (χ3v) is 5.72. The zero-order valence-corrected chi connectivity index (χ0v) is 15.9. The van der Waals surface area contributed by atoms with Crippen molar-refractivity contribution in [3.8, 4) is 0 Å². The summed E-state index contributed by atoms with van der Waals surface area (Å²) in [5.74, 6) is 0.0781. The Morgan fingerprint density at radius 1 is 1.29 bits per heavy atom. The van der Waals surface area contributed by atoms with Crippen LogP contribution in [0.1, 0.15) is 36.7 Å². The van der Waals surface area contributed by atoms with Crippen molar-refractivity contribution in [3.05, 3.63) is 35.4 Å². The van der Waals surface area contributed by atoms with E-state index in [1.807, 2.05) is 11.8 Å². The molecule has 0 bridgehead atoms. The first-order valence-corrected chi connectivity index (χ1v) is 9.60. The van der Waals surface area contributed by atoms with Gasteiger partial charge >= 0.3 is 0 Å². The van der Waals surface area contributed by atoms with Gasteiger partial charge in [-0.15, -0.1) is 12.4 Å². The molecule has 0 aromatic heterocycles. The van der Waals surface area contributed by atoms with Gasteiger partial charge in [-0.3, -0.25) is 4.79 Å². The van der Waals surface area contributed by atoms with Crippen molar-refractivity contribution in [2.75, 3.05) is 18.8 Å². The molecule has 1 heterocycles. The van der Waals surface area contributed by atoms with E-state index in [9.17, 15) is 13.2 Å². The summed E-state index contributed by atoms with van der Waals surface area (Å²) in [7, 11) is -3.21. The molecule has 1 aliphatic heterocycles. The van der Waals surface area contributed by atoms with E-state index in [0.29, 0.717) is 12.1 Å². The van der Waals surface area contributed by atoms with Crippen molar-refractivity contribution in [2.45, 2.75) is 39.4 Å². The van der Waals surface area contributed by atoms with Gasteiger partial charge in [0.05, 0.1) is 5.75 Å². The second-order valence-corrected chi connectivity index (χ2v) is 8.00. The first kappa shape index (κ1) is 20.9. The van der Waals surface area contributed by atoms with E-state index in [1.165, 1.54) is 0 Å². The molecule has 1 fully saturated rings. The fraction of sp³-hybridized carbons (Fsp3) is 0.562. The molecule has 24 heavy (non-hydrogen) atoms. The molecule has 1 amide bonds. The maximum absolute atomic E-state index is 12.6. The van der Waals surface area contributed by atoms with Crippen LogP contribution >= 0.6 is 12.4 Å². The number of hydrogen-bond acceptors (Lipinski definition) is 4. The van der Waals surface area contributed by atoms with Gasteiger partial charge in [0.15, 0.2) is 0 Å². The summed E-state index contributed by atoms with van der Waals surface area (Å²) in [6.07, 6.45) is 0. The van der Waals surface area contributed by atoms with Gasteiger partial charge in [0.2, 0.25) is 10.0 Å². The molecule has 0 radical (unpaired) electrons. The second-order valence-electron chi connectivity index (χ2n) is 5.90. The van der Waals surface area contributed by atoms with Crippen molar-refractivity contribution < 1.29 is 13.2 Å². The molecule has 1 aromatic rings. The number of benzene rings is 1. The van der Waals surface area contributed by atoms with Crippen molar-refractivity contribution in [1.29, 1.82) is 0 Å². The second kappa shape index (κ2) is 8.80. The molecule has 2 atom stereocenters. The average Bonchev–Trinajstić information content (AvgIpc) is 2.55. The van der Waals surface area contributed by atoms with Gasteiger partial charge in [0, 0.05) is 37.3 Å². The monoisotopic (exact) mass is 375 g/mol. The van der Waals surface area contributed by atoms with Crippen LogP contribution in [-0.4, -0.2) is 50.2 Å². The number of hydrogen-bond donors (Lipinski definition) is 2. The molecule has 1 aromatic carbocycles. The van der Waals surface area contributed by atoms with Crippen LogP contribution in [0.25, 0.3) is 0 Å². The summed E-state index contributed by atoms with van der Waals surface area (Å²) < 4.78 is 25.4. The number of halogens is 1. The lowest BCUT2D eigenvalue weighted by Gasteiger charge is -2.38. The van der Waals surface area contributed by atoms with Crippen molar-refractivity contribution in [3.63, 3.8) is 0 Å². The number of carbonyl (C=O) groups excluding carboxylic acids is 1. The number of nitrogens with zero attached hydrogens (tertiary/aromatic N) is 1. The fourth-order valence-corrected chi connectivity index (χ4v) is 3.16. The highest BCUT2D eigenvalue weighted by atomic mass is 35.5. The Hall–Kier alpha value is -1.15. The smallest absolute Gasteiger partial charge is 0.254 e. The van der Waals surface area contributed by atoms with Crippen molar-refractivity contribution in [2.24, 2.45) is 0 Å². The molecular weight excluding hydrogens is 350 g/mol. The summed E-state index contributed by atoms with van der Waals surface area (Å²) in [6.45, 7) is 7.46. The summed E-state index contributed by atoms with van der Waals surface area (Å²) in [4.78, 5) is 14.5. The molecule has 136 valence electrons. The first-order chi connectivity index (χ1) is 10.8.